The first-order valence-electron chi connectivity index (χ1n) is 21.6. The molecule has 0 fully saturated rings. The molecule has 1 aliphatic carbocycles. The molecule has 1 aliphatic rings. The van der Waals surface area contributed by atoms with E-state index in [1.165, 1.54) is 124 Å². The smallest absolute Gasteiger partial charge is 0.0271 e. The number of fused-ring (bicyclic) bond motifs is 3. The van der Waals surface area contributed by atoms with Crippen LogP contribution in [0.25, 0.3) is 54.9 Å². The van der Waals surface area contributed by atoms with Gasteiger partial charge in [-0.2, -0.15) is 12.1 Å². The van der Waals surface area contributed by atoms with Gasteiger partial charge >= 0.3 is 41.9 Å². The number of benzene rings is 5. The third-order valence-electron chi connectivity index (χ3n) is 11.6. The molecule has 0 heterocycles. The molecule has 0 saturated carbocycles. The van der Waals surface area contributed by atoms with E-state index in [1.807, 2.05) is 0 Å². The molecule has 320 valence electrons. The van der Waals surface area contributed by atoms with Crippen molar-refractivity contribution in [2.75, 3.05) is 7.11 Å². The maximum atomic E-state index is 6.01. The van der Waals surface area contributed by atoms with Crippen LogP contribution in [-0.2, 0) is 41.6 Å². The molecule has 7 aromatic carbocycles. The molecule has 0 aromatic heterocycles. The van der Waals surface area contributed by atoms with Crippen LogP contribution in [0.15, 0.2) is 84.9 Å². The molecule has 7 aromatic rings. The van der Waals surface area contributed by atoms with E-state index in [0.29, 0.717) is 5.92 Å². The van der Waals surface area contributed by atoms with Crippen molar-refractivity contribution in [3.63, 3.8) is 0 Å². The fourth-order valence-electron chi connectivity index (χ4n) is 9.46. The molecule has 0 spiro atoms. The van der Waals surface area contributed by atoms with Crippen LogP contribution in [0.3, 0.4) is 0 Å². The Morgan fingerprint density at radius 1 is 0.590 bits per heavy atom. The monoisotopic (exact) mass is 942 g/mol. The Kier molecular flexibility index (Phi) is 17.0. The fraction of sp³-hybridized carbons (Fsp3) is 0.357. The number of hydrogen-bond donors (Lipinski definition) is 0. The molecular formula is C56H66Cl2OSiZr-2. The van der Waals surface area contributed by atoms with Gasteiger partial charge in [0.05, 0.1) is 7.11 Å². The van der Waals surface area contributed by atoms with Crippen LogP contribution >= 0.6 is 0 Å². The zero-order valence-electron chi connectivity index (χ0n) is 39.4. The molecule has 0 atom stereocenters. The van der Waals surface area contributed by atoms with Crippen LogP contribution in [0.1, 0.15) is 108 Å². The largest absolute Gasteiger partial charge is 1.00 e. The van der Waals surface area contributed by atoms with E-state index >= 15 is 0 Å². The predicted molar refractivity (Wildman–Crippen MR) is 257 cm³/mol. The summed E-state index contributed by atoms with van der Waals surface area (Å²) < 4.78 is 6.01. The van der Waals surface area contributed by atoms with Gasteiger partial charge in [-0.3, -0.25) is 0 Å². The summed E-state index contributed by atoms with van der Waals surface area (Å²) in [7, 11) is 1.80. The summed E-state index contributed by atoms with van der Waals surface area (Å²) in [5.41, 5.74) is 23.6. The molecule has 0 aliphatic heterocycles. The Bertz CT molecular complexity index is 2540. The minimum absolute atomic E-state index is 0. The van der Waals surface area contributed by atoms with E-state index in [-0.39, 0.29) is 35.7 Å². The number of ether oxygens (including phenoxy) is 1. The Labute approximate surface area is 396 Å². The van der Waals surface area contributed by atoms with Crippen molar-refractivity contribution in [1.29, 1.82) is 0 Å². The Balaban J connectivity index is 0.000000241. The molecular weight excluding hydrogens is 879 g/mol. The third-order valence-corrected chi connectivity index (χ3v) is 11.6. The van der Waals surface area contributed by atoms with E-state index in [4.69, 9.17) is 4.74 Å². The van der Waals surface area contributed by atoms with Crippen molar-refractivity contribution in [2.45, 2.75) is 127 Å². The van der Waals surface area contributed by atoms with E-state index in [0.717, 1.165) is 5.75 Å². The number of rotatable bonds is 5. The molecule has 0 unspecified atom stereocenters. The SMILES string of the molecule is COc1c(C(C)(C)C)cc2[cH-]c(C(C)C)cc2c1-c1cc(C)cc(C)c1.C[Si](C)=[Zr+2].Cc1cc(C)cc(-c2c3c(c(-c4cc(C)cc(C)c4)c4[cH-]c(C)cc24)CCC3)c1.[Cl-].[Cl-]. The summed E-state index contributed by atoms with van der Waals surface area (Å²) in [6.45, 7) is 31.3. The maximum absolute atomic E-state index is 6.01. The van der Waals surface area contributed by atoms with Crippen molar-refractivity contribution in [1.82, 2.24) is 0 Å². The topological polar surface area (TPSA) is 9.23 Å². The van der Waals surface area contributed by atoms with E-state index in [1.54, 1.807) is 41.6 Å². The van der Waals surface area contributed by atoms with Gasteiger partial charge in [0.25, 0.3) is 0 Å². The Hall–Kier alpha value is -3.20. The fourth-order valence-corrected chi connectivity index (χ4v) is 9.46. The molecule has 5 heteroatoms. The van der Waals surface area contributed by atoms with Gasteiger partial charge in [-0.05, 0) is 94.4 Å². The van der Waals surface area contributed by atoms with E-state index in [2.05, 4.69) is 181 Å². The first-order valence-corrected chi connectivity index (χ1v) is 27.8. The number of aryl methyl sites for hydroxylation is 7. The summed E-state index contributed by atoms with van der Waals surface area (Å²) in [5.74, 6) is 1.52. The second-order valence-electron chi connectivity index (χ2n) is 19.1. The minimum Gasteiger partial charge on any atom is -1.00 e. The van der Waals surface area contributed by atoms with Crippen LogP contribution in [0.5, 0.6) is 5.75 Å². The quantitative estimate of drug-likeness (QED) is 0.123. The van der Waals surface area contributed by atoms with Crippen LogP contribution in [0, 0.1) is 48.5 Å². The zero-order chi connectivity index (χ0) is 43.1. The predicted octanol–water partition coefficient (Wildman–Crippen LogP) is 9.99. The standard InChI is InChI=1S/C29H29.C25H31O.C2H6Si.2ClH.Zr/c1-17-9-18(2)12-22(11-17)28-24-7-6-8-25(24)29(27-16-21(5)15-26(27)28)23-13-19(3)10-20(4)14-23;1-15(2)18-12-19-14-22(25(5,6)7)24(26-8)23(21(19)13-18)20-10-16(3)9-17(4)11-20;1-3-2;;;/h9-16H,6-8H2,1-5H3;9-15H,1-8H3;1-2H3;2*1H;/q2*-1;;;;+2/p-2. The van der Waals surface area contributed by atoms with Crippen LogP contribution in [0.4, 0.5) is 0 Å². The number of hydrogen-bond acceptors (Lipinski definition) is 1. The Morgan fingerprint density at radius 2 is 1.02 bits per heavy atom. The van der Waals surface area contributed by atoms with Gasteiger partial charge in [0.15, 0.2) is 0 Å². The molecule has 61 heavy (non-hydrogen) atoms. The van der Waals surface area contributed by atoms with Crippen molar-refractivity contribution >= 4 is 27.0 Å². The second kappa shape index (κ2) is 20.5. The number of halogens is 2. The summed E-state index contributed by atoms with van der Waals surface area (Å²) in [4.78, 5) is 0. The van der Waals surface area contributed by atoms with E-state index in [9.17, 15) is 0 Å². The van der Waals surface area contributed by atoms with Gasteiger partial charge in [-0.25, -0.2) is 0 Å². The zero-order valence-corrected chi connectivity index (χ0v) is 44.4. The normalized spacial score (nSPS) is 12.0. The van der Waals surface area contributed by atoms with Gasteiger partial charge in [-0.1, -0.05) is 157 Å². The average Bonchev–Trinajstić information content (AvgIpc) is 3.86. The minimum atomic E-state index is 0. The van der Waals surface area contributed by atoms with Crippen molar-refractivity contribution in [2.24, 2.45) is 0 Å². The second-order valence-corrected chi connectivity index (χ2v) is 28.5. The molecule has 0 bridgehead atoms. The number of methoxy groups -OCH3 is 1. The summed E-state index contributed by atoms with van der Waals surface area (Å²) in [5, 5.41) is 5.47. The summed E-state index contributed by atoms with van der Waals surface area (Å²) in [6, 6.07) is 32.7. The summed E-state index contributed by atoms with van der Waals surface area (Å²) in [6.07, 6.45) is 3.64. The van der Waals surface area contributed by atoms with Crippen molar-refractivity contribution < 1.29 is 52.9 Å². The van der Waals surface area contributed by atoms with Crippen LogP contribution in [-0.4, -0.2) is 12.5 Å². The van der Waals surface area contributed by atoms with Gasteiger partial charge in [-0.15, -0.1) is 50.9 Å². The Morgan fingerprint density at radius 3 is 1.44 bits per heavy atom. The van der Waals surface area contributed by atoms with Gasteiger partial charge in [0.1, 0.15) is 5.75 Å². The van der Waals surface area contributed by atoms with Gasteiger partial charge in [0.2, 0.25) is 0 Å². The molecule has 8 rings (SSSR count). The van der Waals surface area contributed by atoms with Gasteiger partial charge in [0, 0.05) is 0 Å². The first kappa shape index (κ1) is 50.4. The molecule has 0 saturated heterocycles. The van der Waals surface area contributed by atoms with Gasteiger partial charge < -0.3 is 29.6 Å². The van der Waals surface area contributed by atoms with Crippen molar-refractivity contribution in [3.8, 4) is 39.1 Å². The summed E-state index contributed by atoms with van der Waals surface area (Å²) >= 11 is 1.74. The molecule has 0 radical (unpaired) electrons. The van der Waals surface area contributed by atoms with Crippen LogP contribution in [0.2, 0.25) is 13.1 Å². The maximum Gasteiger partial charge on any atom is -0.0271 e. The third kappa shape index (κ3) is 11.3. The molecule has 1 nitrogen and oxygen atoms in total. The first-order chi connectivity index (χ1) is 27.7. The molecule has 0 N–H and O–H groups in total. The average molecular weight is 945 g/mol. The van der Waals surface area contributed by atoms with E-state index < -0.39 is 0 Å². The van der Waals surface area contributed by atoms with Crippen molar-refractivity contribution in [3.05, 3.63) is 146 Å². The molecule has 0 amide bonds. The van der Waals surface area contributed by atoms with Crippen LogP contribution < -0.4 is 29.6 Å².